The van der Waals surface area contributed by atoms with Gasteiger partial charge in [-0.25, -0.2) is 0 Å². The molecular formula is C13H18BrNO2. The highest BCUT2D eigenvalue weighted by molar-refractivity contribution is 9.10. The Balaban J connectivity index is 2.46. The minimum absolute atomic E-state index is 0.0373. The van der Waals surface area contributed by atoms with E-state index in [1.165, 1.54) is 0 Å². The zero-order chi connectivity index (χ0) is 12.7. The van der Waals surface area contributed by atoms with Crippen molar-refractivity contribution in [2.45, 2.75) is 19.3 Å². The van der Waals surface area contributed by atoms with Gasteiger partial charge in [0.05, 0.1) is 0 Å². The quantitative estimate of drug-likeness (QED) is 0.821. The van der Waals surface area contributed by atoms with Gasteiger partial charge in [0.15, 0.2) is 0 Å². The van der Waals surface area contributed by atoms with Crippen LogP contribution in [0.15, 0.2) is 28.7 Å². The summed E-state index contributed by atoms with van der Waals surface area (Å²) in [6, 6.07) is 7.40. The molecule has 0 aliphatic carbocycles. The van der Waals surface area contributed by atoms with E-state index < -0.39 is 0 Å². The van der Waals surface area contributed by atoms with Crippen LogP contribution in [-0.4, -0.2) is 36.1 Å². The van der Waals surface area contributed by atoms with Crippen molar-refractivity contribution in [2.75, 3.05) is 20.2 Å². The van der Waals surface area contributed by atoms with Crippen LogP contribution in [0, 0.1) is 0 Å². The van der Waals surface area contributed by atoms with Crippen LogP contribution in [0.3, 0.4) is 0 Å². The fraction of sp³-hybridized carbons (Fsp3) is 0.462. The Bertz CT molecular complexity index is 368. The molecule has 1 rings (SSSR count). The summed E-state index contributed by atoms with van der Waals surface area (Å²) in [6.07, 6.45) is 2.68. The first-order chi connectivity index (χ1) is 8.15. The van der Waals surface area contributed by atoms with Gasteiger partial charge in [-0.05, 0) is 37.5 Å². The Morgan fingerprint density at radius 3 is 2.76 bits per heavy atom. The molecular weight excluding hydrogens is 282 g/mol. The molecule has 0 atom stereocenters. The van der Waals surface area contributed by atoms with Gasteiger partial charge in [-0.15, -0.1) is 0 Å². The smallest absolute Gasteiger partial charge is 0.253 e. The second-order valence-electron chi connectivity index (χ2n) is 4.02. The van der Waals surface area contributed by atoms with E-state index in [4.69, 9.17) is 5.11 Å². The summed E-state index contributed by atoms with van der Waals surface area (Å²) >= 11 is 3.35. The average molecular weight is 300 g/mol. The van der Waals surface area contributed by atoms with Gasteiger partial charge in [0.25, 0.3) is 5.91 Å². The molecule has 0 aliphatic rings. The fourth-order valence-electron chi connectivity index (χ4n) is 1.58. The van der Waals surface area contributed by atoms with E-state index >= 15 is 0 Å². The third kappa shape index (κ3) is 4.88. The van der Waals surface area contributed by atoms with Crippen LogP contribution in [0.4, 0.5) is 0 Å². The number of halogens is 1. The number of carbonyl (C=O) groups is 1. The Morgan fingerprint density at radius 2 is 2.12 bits per heavy atom. The molecule has 3 nitrogen and oxygen atoms in total. The zero-order valence-corrected chi connectivity index (χ0v) is 11.6. The van der Waals surface area contributed by atoms with Crippen molar-refractivity contribution < 1.29 is 9.90 Å². The maximum atomic E-state index is 12.0. The lowest BCUT2D eigenvalue weighted by molar-refractivity contribution is 0.0792. The van der Waals surface area contributed by atoms with Gasteiger partial charge in [0.2, 0.25) is 0 Å². The Labute approximate surface area is 111 Å². The van der Waals surface area contributed by atoms with Crippen LogP contribution < -0.4 is 0 Å². The second-order valence-corrected chi connectivity index (χ2v) is 4.94. The van der Waals surface area contributed by atoms with Crippen LogP contribution in [0.1, 0.15) is 29.6 Å². The summed E-state index contributed by atoms with van der Waals surface area (Å²) in [5.41, 5.74) is 0.698. The van der Waals surface area contributed by atoms with Gasteiger partial charge < -0.3 is 10.0 Å². The van der Waals surface area contributed by atoms with E-state index in [0.29, 0.717) is 5.56 Å². The molecule has 1 aromatic carbocycles. The van der Waals surface area contributed by atoms with Crippen LogP contribution >= 0.6 is 15.9 Å². The van der Waals surface area contributed by atoms with E-state index in [-0.39, 0.29) is 12.5 Å². The third-order valence-electron chi connectivity index (χ3n) is 2.57. The first kappa shape index (κ1) is 14.2. The van der Waals surface area contributed by atoms with Gasteiger partial charge in [-0.3, -0.25) is 4.79 Å². The SMILES string of the molecule is CN(CCCCCO)C(=O)c1cccc(Br)c1. The van der Waals surface area contributed by atoms with Crippen molar-refractivity contribution in [3.8, 4) is 0 Å². The summed E-state index contributed by atoms with van der Waals surface area (Å²) < 4.78 is 0.914. The maximum Gasteiger partial charge on any atom is 0.253 e. The number of rotatable bonds is 6. The van der Waals surface area contributed by atoms with Crippen LogP contribution in [0.5, 0.6) is 0 Å². The first-order valence-corrected chi connectivity index (χ1v) is 6.56. The minimum Gasteiger partial charge on any atom is -0.396 e. The Hall–Kier alpha value is -0.870. The molecule has 0 saturated carbocycles. The topological polar surface area (TPSA) is 40.5 Å². The minimum atomic E-state index is 0.0373. The van der Waals surface area contributed by atoms with E-state index in [2.05, 4.69) is 15.9 Å². The molecule has 1 amide bonds. The molecule has 0 heterocycles. The predicted molar refractivity (Wildman–Crippen MR) is 72.0 cm³/mol. The molecule has 0 unspecified atom stereocenters. The molecule has 0 fully saturated rings. The maximum absolute atomic E-state index is 12.0. The first-order valence-electron chi connectivity index (χ1n) is 5.77. The number of benzene rings is 1. The summed E-state index contributed by atoms with van der Waals surface area (Å²) in [4.78, 5) is 13.7. The molecule has 0 radical (unpaired) electrons. The summed E-state index contributed by atoms with van der Waals surface area (Å²) in [5.74, 6) is 0.0373. The van der Waals surface area contributed by atoms with Crippen molar-refractivity contribution in [3.05, 3.63) is 34.3 Å². The highest BCUT2D eigenvalue weighted by Gasteiger charge is 2.10. The van der Waals surface area contributed by atoms with Crippen LogP contribution in [0.25, 0.3) is 0 Å². The number of amides is 1. The van der Waals surface area contributed by atoms with Gasteiger partial charge >= 0.3 is 0 Å². The molecule has 17 heavy (non-hydrogen) atoms. The van der Waals surface area contributed by atoms with Gasteiger partial charge in [0.1, 0.15) is 0 Å². The molecule has 0 aliphatic heterocycles. The zero-order valence-electron chi connectivity index (χ0n) is 10.0. The number of hydrogen-bond donors (Lipinski definition) is 1. The predicted octanol–water partition coefficient (Wildman–Crippen LogP) is 2.68. The molecule has 1 aromatic rings. The summed E-state index contributed by atoms with van der Waals surface area (Å²) in [6.45, 7) is 0.953. The van der Waals surface area contributed by atoms with Crippen LogP contribution in [-0.2, 0) is 0 Å². The second kappa shape index (κ2) is 7.45. The summed E-state index contributed by atoms with van der Waals surface area (Å²) in [5, 5.41) is 8.66. The standard InChI is InChI=1S/C13H18BrNO2/c1-15(8-3-2-4-9-16)13(17)11-6-5-7-12(14)10-11/h5-7,10,16H,2-4,8-9H2,1H3. The Kier molecular flexibility index (Phi) is 6.22. The molecule has 1 N–H and O–H groups in total. The van der Waals surface area contributed by atoms with Gasteiger partial charge in [-0.1, -0.05) is 22.0 Å². The van der Waals surface area contributed by atoms with Crippen molar-refractivity contribution in [3.63, 3.8) is 0 Å². The normalized spacial score (nSPS) is 10.3. The molecule has 4 heteroatoms. The monoisotopic (exact) mass is 299 g/mol. The number of carbonyl (C=O) groups excluding carboxylic acids is 1. The molecule has 0 bridgehead atoms. The van der Waals surface area contributed by atoms with Crippen molar-refractivity contribution in [1.29, 1.82) is 0 Å². The van der Waals surface area contributed by atoms with E-state index in [1.807, 2.05) is 31.3 Å². The van der Waals surface area contributed by atoms with Gasteiger partial charge in [-0.2, -0.15) is 0 Å². The number of unbranched alkanes of at least 4 members (excludes halogenated alkanes) is 2. The van der Waals surface area contributed by atoms with Crippen molar-refractivity contribution in [1.82, 2.24) is 4.90 Å². The fourth-order valence-corrected chi connectivity index (χ4v) is 1.98. The van der Waals surface area contributed by atoms with E-state index in [1.54, 1.807) is 4.90 Å². The summed E-state index contributed by atoms with van der Waals surface area (Å²) in [7, 11) is 1.81. The molecule has 0 aromatic heterocycles. The van der Waals surface area contributed by atoms with Crippen molar-refractivity contribution >= 4 is 21.8 Å². The Morgan fingerprint density at radius 1 is 1.35 bits per heavy atom. The van der Waals surface area contributed by atoms with Crippen molar-refractivity contribution in [2.24, 2.45) is 0 Å². The number of hydrogen-bond acceptors (Lipinski definition) is 2. The molecule has 0 spiro atoms. The van der Waals surface area contributed by atoms with E-state index in [9.17, 15) is 4.79 Å². The number of aliphatic hydroxyl groups excluding tert-OH is 1. The lowest BCUT2D eigenvalue weighted by atomic mass is 10.2. The van der Waals surface area contributed by atoms with Crippen LogP contribution in [0.2, 0.25) is 0 Å². The molecule has 0 saturated heterocycles. The highest BCUT2D eigenvalue weighted by Crippen LogP contribution is 2.13. The van der Waals surface area contributed by atoms with E-state index in [0.717, 1.165) is 30.3 Å². The number of nitrogens with zero attached hydrogens (tertiary/aromatic N) is 1. The molecule has 94 valence electrons. The average Bonchev–Trinajstić information content (AvgIpc) is 2.33. The lowest BCUT2D eigenvalue weighted by Crippen LogP contribution is -2.27. The third-order valence-corrected chi connectivity index (χ3v) is 3.06. The number of aliphatic hydroxyl groups is 1. The lowest BCUT2D eigenvalue weighted by Gasteiger charge is -2.17. The largest absolute Gasteiger partial charge is 0.396 e. The highest BCUT2D eigenvalue weighted by atomic mass is 79.9. The van der Waals surface area contributed by atoms with Gasteiger partial charge in [0, 0.05) is 30.2 Å².